The lowest BCUT2D eigenvalue weighted by Gasteiger charge is -2.20. The van der Waals surface area contributed by atoms with Gasteiger partial charge in [-0.1, -0.05) is 49.8 Å². The molecule has 2 aliphatic rings. The minimum absolute atomic E-state index is 0.658. The van der Waals surface area contributed by atoms with E-state index >= 15 is 0 Å². The number of hydrogen-bond acceptors (Lipinski definition) is 0. The van der Waals surface area contributed by atoms with E-state index in [-0.39, 0.29) is 0 Å². The quantitative estimate of drug-likeness (QED) is 0.594. The normalized spacial score (nSPS) is 25.2. The zero-order valence-corrected chi connectivity index (χ0v) is 8.16. The lowest BCUT2D eigenvalue weighted by Crippen LogP contribution is -2.05. The molecular weight excluding hydrogens is 156 g/mol. The van der Waals surface area contributed by atoms with Crippen molar-refractivity contribution in [2.75, 3.05) is 0 Å². The first-order chi connectivity index (χ1) is 6.40. The van der Waals surface area contributed by atoms with Gasteiger partial charge in [0, 0.05) is 5.92 Å². The van der Waals surface area contributed by atoms with Gasteiger partial charge in [0.05, 0.1) is 0 Å². The van der Waals surface area contributed by atoms with E-state index in [0.717, 1.165) is 0 Å². The third kappa shape index (κ3) is 1.82. The number of fused-ring (bicyclic) bond motifs is 1. The van der Waals surface area contributed by atoms with Crippen molar-refractivity contribution in [1.29, 1.82) is 0 Å². The highest BCUT2D eigenvalue weighted by atomic mass is 14.2. The van der Waals surface area contributed by atoms with E-state index in [1.54, 1.807) is 0 Å². The Morgan fingerprint density at radius 2 is 2.38 bits per heavy atom. The molecule has 0 bridgehead atoms. The van der Waals surface area contributed by atoms with Gasteiger partial charge in [0.15, 0.2) is 0 Å². The molecule has 2 rings (SSSR count). The van der Waals surface area contributed by atoms with Gasteiger partial charge < -0.3 is 0 Å². The molecule has 0 aliphatic heterocycles. The molecule has 0 aromatic rings. The average Bonchev–Trinajstić information content (AvgIpc) is 2.18. The first-order valence-corrected chi connectivity index (χ1v) is 5.15. The Hall–Kier alpha value is -1.04. The third-order valence-corrected chi connectivity index (χ3v) is 2.68. The fraction of sp³-hybridized carbons (Fsp3) is 0.385. The molecule has 0 spiro atoms. The molecule has 0 nitrogen and oxygen atoms in total. The predicted octanol–water partition coefficient (Wildman–Crippen LogP) is 3.79. The molecule has 0 heteroatoms. The van der Waals surface area contributed by atoms with Gasteiger partial charge in [0.2, 0.25) is 0 Å². The van der Waals surface area contributed by atoms with Crippen molar-refractivity contribution in [3.05, 3.63) is 47.6 Å². The van der Waals surface area contributed by atoms with Crippen LogP contribution in [0.2, 0.25) is 0 Å². The van der Waals surface area contributed by atoms with Crippen molar-refractivity contribution in [2.45, 2.75) is 26.2 Å². The van der Waals surface area contributed by atoms with Crippen LogP contribution in [0.4, 0.5) is 0 Å². The summed E-state index contributed by atoms with van der Waals surface area (Å²) in [5, 5.41) is 0. The molecule has 0 fully saturated rings. The summed E-state index contributed by atoms with van der Waals surface area (Å²) in [5.74, 6) is 0.658. The summed E-state index contributed by atoms with van der Waals surface area (Å²) in [6.07, 6.45) is 17.3. The lowest BCUT2D eigenvalue weighted by atomic mass is 9.85. The van der Waals surface area contributed by atoms with Crippen LogP contribution in [0.5, 0.6) is 0 Å². The van der Waals surface area contributed by atoms with E-state index in [1.165, 1.54) is 30.4 Å². The van der Waals surface area contributed by atoms with Crippen LogP contribution in [-0.2, 0) is 0 Å². The van der Waals surface area contributed by atoms with Crippen molar-refractivity contribution in [2.24, 2.45) is 5.92 Å². The summed E-state index contributed by atoms with van der Waals surface area (Å²) in [7, 11) is 0. The van der Waals surface area contributed by atoms with Gasteiger partial charge in [0.1, 0.15) is 0 Å². The molecule has 0 aromatic heterocycles. The van der Waals surface area contributed by atoms with Crippen LogP contribution < -0.4 is 0 Å². The fourth-order valence-corrected chi connectivity index (χ4v) is 1.95. The summed E-state index contributed by atoms with van der Waals surface area (Å²) in [6.45, 7) is 2.23. The fourth-order valence-electron chi connectivity index (χ4n) is 1.95. The molecule has 0 N–H and O–H groups in total. The summed E-state index contributed by atoms with van der Waals surface area (Å²) < 4.78 is 0. The zero-order chi connectivity index (χ0) is 9.10. The molecule has 0 saturated carbocycles. The smallest absolute Gasteiger partial charge is 0.00559 e. The maximum absolute atomic E-state index is 2.36. The van der Waals surface area contributed by atoms with Gasteiger partial charge in [0.25, 0.3) is 0 Å². The lowest BCUT2D eigenvalue weighted by molar-refractivity contribution is 0.768. The molecule has 1 unspecified atom stereocenters. The Morgan fingerprint density at radius 3 is 3.23 bits per heavy atom. The van der Waals surface area contributed by atoms with Crippen molar-refractivity contribution in [3.8, 4) is 0 Å². The molecule has 0 radical (unpaired) electrons. The molecule has 13 heavy (non-hydrogen) atoms. The van der Waals surface area contributed by atoms with Crippen LogP contribution in [0.15, 0.2) is 47.6 Å². The Balaban J connectivity index is 2.18. The first-order valence-electron chi connectivity index (χ1n) is 5.15. The Kier molecular flexibility index (Phi) is 2.49. The van der Waals surface area contributed by atoms with E-state index in [0.29, 0.717) is 5.92 Å². The molecule has 0 amide bonds. The summed E-state index contributed by atoms with van der Waals surface area (Å²) in [4.78, 5) is 0. The van der Waals surface area contributed by atoms with E-state index in [1.807, 2.05) is 0 Å². The van der Waals surface area contributed by atoms with Crippen molar-refractivity contribution in [1.82, 2.24) is 0 Å². The van der Waals surface area contributed by atoms with Crippen molar-refractivity contribution < 1.29 is 0 Å². The summed E-state index contributed by atoms with van der Waals surface area (Å²) >= 11 is 0. The van der Waals surface area contributed by atoms with Gasteiger partial charge in [-0.2, -0.15) is 0 Å². The van der Waals surface area contributed by atoms with Crippen LogP contribution in [0.25, 0.3) is 0 Å². The summed E-state index contributed by atoms with van der Waals surface area (Å²) in [6, 6.07) is 0. The molecule has 0 saturated heterocycles. The van der Waals surface area contributed by atoms with Crippen LogP contribution in [0, 0.1) is 5.92 Å². The third-order valence-electron chi connectivity index (χ3n) is 2.68. The maximum atomic E-state index is 2.36. The second kappa shape index (κ2) is 3.78. The van der Waals surface area contributed by atoms with Gasteiger partial charge in [-0.05, 0) is 24.0 Å². The molecule has 1 atom stereocenters. The van der Waals surface area contributed by atoms with E-state index < -0.39 is 0 Å². The highest BCUT2D eigenvalue weighted by Gasteiger charge is 2.13. The Bertz CT molecular complexity index is 300. The standard InChI is InChI=1S/C13H16/c1-2-5-11-8-9-12-6-3-4-7-13(12)10-11/h3-4,7-10,12H,2,5-6H2,1H3. The van der Waals surface area contributed by atoms with Gasteiger partial charge in [-0.15, -0.1) is 0 Å². The van der Waals surface area contributed by atoms with Crippen molar-refractivity contribution >= 4 is 0 Å². The zero-order valence-electron chi connectivity index (χ0n) is 8.16. The average molecular weight is 172 g/mol. The van der Waals surface area contributed by atoms with Crippen LogP contribution >= 0.6 is 0 Å². The van der Waals surface area contributed by atoms with E-state index in [2.05, 4.69) is 43.4 Å². The highest BCUT2D eigenvalue weighted by molar-refractivity contribution is 5.42. The molecular formula is C13H16. The second-order valence-electron chi connectivity index (χ2n) is 3.77. The van der Waals surface area contributed by atoms with Crippen LogP contribution in [0.1, 0.15) is 26.2 Å². The molecule has 0 aromatic carbocycles. The van der Waals surface area contributed by atoms with E-state index in [4.69, 9.17) is 0 Å². The highest BCUT2D eigenvalue weighted by Crippen LogP contribution is 2.29. The minimum atomic E-state index is 0.658. The van der Waals surface area contributed by atoms with Crippen LogP contribution in [-0.4, -0.2) is 0 Å². The SMILES string of the molecule is CCCC1=CC2=CC=CCC2C=C1. The molecule has 2 aliphatic carbocycles. The Morgan fingerprint density at radius 1 is 1.46 bits per heavy atom. The van der Waals surface area contributed by atoms with Gasteiger partial charge >= 0.3 is 0 Å². The topological polar surface area (TPSA) is 0 Å². The first kappa shape index (κ1) is 8.55. The monoisotopic (exact) mass is 172 g/mol. The maximum Gasteiger partial charge on any atom is 0.00559 e. The summed E-state index contributed by atoms with van der Waals surface area (Å²) in [5.41, 5.74) is 2.98. The number of rotatable bonds is 2. The van der Waals surface area contributed by atoms with Gasteiger partial charge in [-0.25, -0.2) is 0 Å². The number of hydrogen-bond donors (Lipinski definition) is 0. The number of allylic oxidation sites excluding steroid dienone is 8. The van der Waals surface area contributed by atoms with Gasteiger partial charge in [-0.3, -0.25) is 0 Å². The van der Waals surface area contributed by atoms with Crippen molar-refractivity contribution in [3.63, 3.8) is 0 Å². The Labute approximate surface area is 80.3 Å². The predicted molar refractivity (Wildman–Crippen MR) is 57.5 cm³/mol. The van der Waals surface area contributed by atoms with E-state index in [9.17, 15) is 0 Å². The molecule has 0 heterocycles. The molecule has 68 valence electrons. The minimum Gasteiger partial charge on any atom is -0.0836 e. The van der Waals surface area contributed by atoms with Crippen LogP contribution in [0.3, 0.4) is 0 Å². The second-order valence-corrected chi connectivity index (χ2v) is 3.77. The largest absolute Gasteiger partial charge is 0.0836 e.